The fraction of sp³-hybridized carbons (Fsp3) is 0.320. The molecule has 0 atom stereocenters. The van der Waals surface area contributed by atoms with Crippen molar-refractivity contribution in [3.8, 4) is 28.3 Å². The lowest BCUT2D eigenvalue weighted by atomic mass is 10.1. The third-order valence-corrected chi connectivity index (χ3v) is 5.51. The molecular formula is C25H26F3N5O3. The zero-order valence-corrected chi connectivity index (χ0v) is 20.3. The third kappa shape index (κ3) is 5.29. The van der Waals surface area contributed by atoms with Crippen LogP contribution in [-0.2, 0) is 6.54 Å². The lowest BCUT2D eigenvalue weighted by molar-refractivity contribution is -0.123. The second-order valence-corrected chi connectivity index (χ2v) is 8.69. The van der Waals surface area contributed by atoms with Crippen molar-refractivity contribution in [3.63, 3.8) is 0 Å². The van der Waals surface area contributed by atoms with Crippen LogP contribution in [0.15, 0.2) is 49.1 Å². The van der Waals surface area contributed by atoms with Crippen LogP contribution < -0.4 is 14.8 Å². The van der Waals surface area contributed by atoms with Crippen molar-refractivity contribution in [2.24, 2.45) is 5.92 Å². The van der Waals surface area contributed by atoms with Gasteiger partial charge in [0.05, 0.1) is 37.1 Å². The Hall–Kier alpha value is -4.02. The van der Waals surface area contributed by atoms with Crippen molar-refractivity contribution in [1.29, 1.82) is 0 Å². The first-order chi connectivity index (χ1) is 17.1. The Labute approximate surface area is 205 Å². The molecule has 0 spiro atoms. The summed E-state index contributed by atoms with van der Waals surface area (Å²) in [6.07, 6.45) is 0.890. The number of halogens is 3. The Morgan fingerprint density at radius 3 is 2.39 bits per heavy atom. The summed E-state index contributed by atoms with van der Waals surface area (Å²) in [5.74, 6) is -0.335. The third-order valence-electron chi connectivity index (χ3n) is 5.51. The van der Waals surface area contributed by atoms with Crippen molar-refractivity contribution in [1.82, 2.24) is 24.6 Å². The minimum atomic E-state index is -4.54. The highest BCUT2D eigenvalue weighted by Crippen LogP contribution is 2.34. The standard InChI is InChI=1S/C25H26F3N5O3/c1-15(2)11-32-12-17(10-31-32)16-5-6-20-19(7-16)30-14-33(20)18-8-21(35-3)23(22(9-18)36-4)24(34)29-13-25(26,27)28/h5-10,12,14-15H,11,13H2,1-4H3,(H,29,34). The van der Waals surface area contributed by atoms with Gasteiger partial charge in [0, 0.05) is 30.4 Å². The Bertz CT molecular complexity index is 1370. The van der Waals surface area contributed by atoms with E-state index in [1.54, 1.807) is 23.0 Å². The van der Waals surface area contributed by atoms with Crippen molar-refractivity contribution < 1.29 is 27.4 Å². The number of rotatable bonds is 8. The van der Waals surface area contributed by atoms with Crippen molar-refractivity contribution in [3.05, 3.63) is 54.6 Å². The summed E-state index contributed by atoms with van der Waals surface area (Å²) in [5.41, 5.74) is 3.90. The molecule has 1 amide bonds. The SMILES string of the molecule is COc1cc(-n2cnc3cc(-c4cnn(CC(C)C)c4)ccc32)cc(OC)c1C(=O)NCC(F)(F)F. The molecule has 36 heavy (non-hydrogen) atoms. The topological polar surface area (TPSA) is 83.2 Å². The maximum absolute atomic E-state index is 12.6. The molecule has 0 aliphatic carbocycles. The van der Waals surface area contributed by atoms with Gasteiger partial charge in [-0.1, -0.05) is 19.9 Å². The Kier molecular flexibility index (Phi) is 6.91. The van der Waals surface area contributed by atoms with Gasteiger partial charge in [-0.05, 0) is 23.6 Å². The normalized spacial score (nSPS) is 11.8. The Balaban J connectivity index is 1.69. The number of fused-ring (bicyclic) bond motifs is 1. The zero-order valence-electron chi connectivity index (χ0n) is 20.3. The van der Waals surface area contributed by atoms with Gasteiger partial charge in [0.2, 0.25) is 0 Å². The van der Waals surface area contributed by atoms with Gasteiger partial charge >= 0.3 is 6.18 Å². The van der Waals surface area contributed by atoms with E-state index in [1.165, 1.54) is 14.2 Å². The summed E-state index contributed by atoms with van der Waals surface area (Å²) in [6, 6.07) is 8.94. The van der Waals surface area contributed by atoms with E-state index in [2.05, 4.69) is 23.9 Å². The Morgan fingerprint density at radius 2 is 1.78 bits per heavy atom. The van der Waals surface area contributed by atoms with E-state index in [-0.39, 0.29) is 17.1 Å². The zero-order chi connectivity index (χ0) is 26.0. The van der Waals surface area contributed by atoms with Gasteiger partial charge in [0.25, 0.3) is 5.91 Å². The number of benzene rings is 2. The summed E-state index contributed by atoms with van der Waals surface area (Å²) in [6.45, 7) is 3.62. The largest absolute Gasteiger partial charge is 0.496 e. The molecule has 2 heterocycles. The summed E-state index contributed by atoms with van der Waals surface area (Å²) < 4.78 is 52.1. The number of nitrogens with zero attached hydrogens (tertiary/aromatic N) is 4. The predicted molar refractivity (Wildman–Crippen MR) is 129 cm³/mol. The van der Waals surface area contributed by atoms with Crippen LogP contribution in [0.5, 0.6) is 11.5 Å². The molecule has 4 rings (SSSR count). The predicted octanol–water partition coefficient (Wildman–Crippen LogP) is 4.85. The van der Waals surface area contributed by atoms with Crippen molar-refractivity contribution in [2.45, 2.75) is 26.6 Å². The molecule has 4 aromatic rings. The molecule has 0 saturated carbocycles. The summed E-state index contributed by atoms with van der Waals surface area (Å²) in [5, 5.41) is 6.28. The van der Waals surface area contributed by atoms with Crippen LogP contribution in [0.3, 0.4) is 0 Å². The lowest BCUT2D eigenvalue weighted by Crippen LogP contribution is -2.34. The average molecular weight is 502 g/mol. The first-order valence-corrected chi connectivity index (χ1v) is 11.2. The number of ether oxygens (including phenoxy) is 2. The van der Waals surface area contributed by atoms with Gasteiger partial charge in [-0.2, -0.15) is 18.3 Å². The molecular weight excluding hydrogens is 475 g/mol. The van der Waals surface area contributed by atoms with E-state index in [0.29, 0.717) is 11.6 Å². The fourth-order valence-electron chi connectivity index (χ4n) is 3.91. The molecule has 1 N–H and O–H groups in total. The number of methoxy groups -OCH3 is 2. The Morgan fingerprint density at radius 1 is 1.08 bits per heavy atom. The van der Waals surface area contributed by atoms with Gasteiger partial charge in [0.15, 0.2) is 0 Å². The maximum atomic E-state index is 12.6. The van der Waals surface area contributed by atoms with Crippen LogP contribution in [0.25, 0.3) is 27.8 Å². The minimum Gasteiger partial charge on any atom is -0.496 e. The highest BCUT2D eigenvalue weighted by molar-refractivity contribution is 6.00. The number of amides is 1. The smallest absolute Gasteiger partial charge is 0.405 e. The highest BCUT2D eigenvalue weighted by atomic mass is 19.4. The van der Waals surface area contributed by atoms with Crippen LogP contribution in [0, 0.1) is 5.92 Å². The van der Waals surface area contributed by atoms with E-state index in [1.807, 2.05) is 40.6 Å². The average Bonchev–Trinajstić information content (AvgIpc) is 3.47. The number of imidazole rings is 1. The van der Waals surface area contributed by atoms with E-state index in [9.17, 15) is 18.0 Å². The number of nitrogens with one attached hydrogen (secondary N) is 1. The first kappa shape index (κ1) is 25.1. The minimum absolute atomic E-state index is 0.0695. The van der Waals surface area contributed by atoms with Crippen molar-refractivity contribution >= 4 is 16.9 Å². The van der Waals surface area contributed by atoms with E-state index in [0.717, 1.165) is 28.7 Å². The van der Waals surface area contributed by atoms with Crippen LogP contribution >= 0.6 is 0 Å². The molecule has 0 aliphatic heterocycles. The number of hydrogen-bond donors (Lipinski definition) is 1. The van der Waals surface area contributed by atoms with Crippen LogP contribution in [0.1, 0.15) is 24.2 Å². The van der Waals surface area contributed by atoms with Gasteiger partial charge in [-0.15, -0.1) is 0 Å². The number of carbonyl (C=O) groups is 1. The molecule has 190 valence electrons. The molecule has 0 bridgehead atoms. The van der Waals surface area contributed by atoms with Crippen LogP contribution in [0.4, 0.5) is 13.2 Å². The number of hydrogen-bond acceptors (Lipinski definition) is 5. The van der Waals surface area contributed by atoms with Gasteiger partial charge in [-0.25, -0.2) is 4.98 Å². The lowest BCUT2D eigenvalue weighted by Gasteiger charge is -2.16. The summed E-state index contributed by atoms with van der Waals surface area (Å²) in [4.78, 5) is 17.0. The molecule has 2 aromatic carbocycles. The van der Waals surface area contributed by atoms with E-state index in [4.69, 9.17) is 9.47 Å². The molecule has 0 radical (unpaired) electrons. The van der Waals surface area contributed by atoms with E-state index >= 15 is 0 Å². The molecule has 0 aliphatic rings. The van der Waals surface area contributed by atoms with Gasteiger partial charge < -0.3 is 14.8 Å². The second kappa shape index (κ2) is 9.92. The number of carbonyl (C=O) groups excluding carboxylic acids is 1. The van der Waals surface area contributed by atoms with Crippen LogP contribution in [0.2, 0.25) is 0 Å². The molecule has 0 fully saturated rings. The molecule has 11 heteroatoms. The highest BCUT2D eigenvalue weighted by Gasteiger charge is 2.30. The maximum Gasteiger partial charge on any atom is 0.405 e. The number of alkyl halides is 3. The quantitative estimate of drug-likeness (QED) is 0.373. The second-order valence-electron chi connectivity index (χ2n) is 8.69. The van der Waals surface area contributed by atoms with E-state index < -0.39 is 18.6 Å². The molecule has 0 unspecified atom stereocenters. The summed E-state index contributed by atoms with van der Waals surface area (Å²) >= 11 is 0. The number of aromatic nitrogens is 4. The fourth-order valence-corrected chi connectivity index (χ4v) is 3.91. The van der Waals surface area contributed by atoms with Gasteiger partial charge in [0.1, 0.15) is 29.9 Å². The van der Waals surface area contributed by atoms with Gasteiger partial charge in [-0.3, -0.25) is 14.0 Å². The van der Waals surface area contributed by atoms with Crippen LogP contribution in [-0.4, -0.2) is 52.2 Å². The monoisotopic (exact) mass is 501 g/mol. The first-order valence-electron chi connectivity index (χ1n) is 11.2. The summed E-state index contributed by atoms with van der Waals surface area (Å²) in [7, 11) is 2.66. The molecule has 0 saturated heterocycles. The van der Waals surface area contributed by atoms with Crippen molar-refractivity contribution in [2.75, 3.05) is 20.8 Å². The molecule has 8 nitrogen and oxygen atoms in total. The molecule has 2 aromatic heterocycles.